The Balaban J connectivity index is 1.74. The van der Waals surface area contributed by atoms with E-state index in [2.05, 4.69) is 21.2 Å². The molecule has 2 amide bonds. The van der Waals surface area contributed by atoms with Crippen molar-refractivity contribution in [2.75, 3.05) is 19.6 Å². The van der Waals surface area contributed by atoms with Crippen molar-refractivity contribution in [3.05, 3.63) is 34.3 Å². The lowest BCUT2D eigenvalue weighted by atomic mass is 10.1. The lowest BCUT2D eigenvalue weighted by molar-refractivity contribution is -0.141. The number of likely N-dealkylation sites (tertiary alicyclic amines) is 1. The zero-order valence-corrected chi connectivity index (χ0v) is 13.5. The van der Waals surface area contributed by atoms with E-state index < -0.39 is 11.9 Å². The van der Waals surface area contributed by atoms with Gasteiger partial charge in [0.15, 0.2) is 0 Å². The molecule has 0 aromatic heterocycles. The summed E-state index contributed by atoms with van der Waals surface area (Å²) in [6.45, 7) is 0.966. The third-order valence-electron chi connectivity index (χ3n) is 3.62. The molecule has 22 heavy (non-hydrogen) atoms. The van der Waals surface area contributed by atoms with Gasteiger partial charge in [0.2, 0.25) is 5.91 Å². The van der Waals surface area contributed by atoms with Crippen LogP contribution in [0.25, 0.3) is 0 Å². The smallest absolute Gasteiger partial charge is 0.308 e. The molecule has 1 aromatic carbocycles. The third kappa shape index (κ3) is 4.30. The zero-order chi connectivity index (χ0) is 16.1. The molecule has 118 valence electrons. The minimum absolute atomic E-state index is 0.125. The van der Waals surface area contributed by atoms with Crippen molar-refractivity contribution in [3.63, 3.8) is 0 Å². The summed E-state index contributed by atoms with van der Waals surface area (Å²) in [4.78, 5) is 36.2. The average Bonchev–Trinajstić information content (AvgIpc) is 2.98. The first-order valence-electron chi connectivity index (χ1n) is 7.01. The highest BCUT2D eigenvalue weighted by atomic mass is 79.9. The third-order valence-corrected chi connectivity index (χ3v) is 4.15. The van der Waals surface area contributed by atoms with E-state index in [1.165, 1.54) is 0 Å². The standard InChI is InChI=1S/C15H17BrN2O4/c16-12-3-1-10(2-4-12)14(20)17-7-5-13(19)18-8-6-11(9-18)15(21)22/h1-4,11H,5-9H2,(H,17,20)(H,21,22). The Kier molecular flexibility index (Phi) is 5.54. The summed E-state index contributed by atoms with van der Waals surface area (Å²) in [6.07, 6.45) is 0.668. The molecule has 2 N–H and O–H groups in total. The summed E-state index contributed by atoms with van der Waals surface area (Å²) in [7, 11) is 0. The maximum atomic E-state index is 12.0. The Labute approximate surface area is 136 Å². The molecule has 1 saturated heterocycles. The van der Waals surface area contributed by atoms with Gasteiger partial charge in [-0.2, -0.15) is 0 Å². The van der Waals surface area contributed by atoms with E-state index in [-0.39, 0.29) is 31.3 Å². The minimum atomic E-state index is -0.862. The number of rotatable bonds is 5. The normalized spacial score (nSPS) is 17.3. The second-order valence-corrected chi connectivity index (χ2v) is 6.09. The number of aliphatic carboxylic acids is 1. The Hall–Kier alpha value is -1.89. The number of carboxylic acids is 1. The molecule has 2 rings (SSSR count). The quantitative estimate of drug-likeness (QED) is 0.824. The van der Waals surface area contributed by atoms with Crippen molar-refractivity contribution in [2.45, 2.75) is 12.8 Å². The number of carbonyl (C=O) groups excluding carboxylic acids is 2. The molecule has 1 aromatic rings. The van der Waals surface area contributed by atoms with Crippen LogP contribution in [-0.4, -0.2) is 47.4 Å². The number of hydrogen-bond donors (Lipinski definition) is 2. The van der Waals surface area contributed by atoms with Crippen LogP contribution in [0.5, 0.6) is 0 Å². The Morgan fingerprint density at radius 2 is 1.95 bits per heavy atom. The number of hydrogen-bond acceptors (Lipinski definition) is 3. The summed E-state index contributed by atoms with van der Waals surface area (Å²) < 4.78 is 0.890. The molecule has 1 unspecified atom stereocenters. The molecule has 1 aliphatic rings. The predicted molar refractivity (Wildman–Crippen MR) is 83.4 cm³/mol. The highest BCUT2D eigenvalue weighted by molar-refractivity contribution is 9.10. The van der Waals surface area contributed by atoms with Crippen molar-refractivity contribution in [1.29, 1.82) is 0 Å². The SMILES string of the molecule is O=C(NCCC(=O)N1CCC(C(=O)O)C1)c1ccc(Br)cc1. The fourth-order valence-electron chi connectivity index (χ4n) is 2.33. The monoisotopic (exact) mass is 368 g/mol. The second kappa shape index (κ2) is 7.40. The largest absolute Gasteiger partial charge is 0.481 e. The van der Waals surface area contributed by atoms with E-state index in [9.17, 15) is 14.4 Å². The van der Waals surface area contributed by atoms with Crippen LogP contribution in [0.4, 0.5) is 0 Å². The van der Waals surface area contributed by atoms with Crippen molar-refractivity contribution >= 4 is 33.7 Å². The van der Waals surface area contributed by atoms with Crippen LogP contribution in [0.2, 0.25) is 0 Å². The molecule has 1 fully saturated rings. The Morgan fingerprint density at radius 1 is 1.27 bits per heavy atom. The molecular formula is C15H17BrN2O4. The fraction of sp³-hybridized carbons (Fsp3) is 0.400. The second-order valence-electron chi connectivity index (χ2n) is 5.18. The molecule has 1 heterocycles. The molecule has 7 heteroatoms. The van der Waals surface area contributed by atoms with Crippen LogP contribution in [0.3, 0.4) is 0 Å². The zero-order valence-electron chi connectivity index (χ0n) is 11.9. The maximum Gasteiger partial charge on any atom is 0.308 e. The van der Waals surface area contributed by atoms with Crippen molar-refractivity contribution in [3.8, 4) is 0 Å². The van der Waals surface area contributed by atoms with Gasteiger partial charge in [-0.3, -0.25) is 14.4 Å². The molecule has 1 aliphatic heterocycles. The number of halogens is 1. The molecule has 0 saturated carbocycles. The summed E-state index contributed by atoms with van der Waals surface area (Å²) in [5.41, 5.74) is 0.530. The van der Waals surface area contributed by atoms with Gasteiger partial charge in [-0.05, 0) is 30.7 Å². The number of nitrogens with zero attached hydrogens (tertiary/aromatic N) is 1. The van der Waals surface area contributed by atoms with Crippen molar-refractivity contribution < 1.29 is 19.5 Å². The van der Waals surface area contributed by atoms with Gasteiger partial charge >= 0.3 is 5.97 Å². The van der Waals surface area contributed by atoms with Gasteiger partial charge in [0.1, 0.15) is 0 Å². The van der Waals surface area contributed by atoms with Gasteiger partial charge < -0.3 is 15.3 Å². The van der Waals surface area contributed by atoms with Crippen LogP contribution in [-0.2, 0) is 9.59 Å². The van der Waals surface area contributed by atoms with Crippen LogP contribution in [0.15, 0.2) is 28.7 Å². The lowest BCUT2D eigenvalue weighted by Gasteiger charge is -2.15. The van der Waals surface area contributed by atoms with Crippen molar-refractivity contribution in [2.24, 2.45) is 5.92 Å². The maximum absolute atomic E-state index is 12.0. The predicted octanol–water partition coefficient (Wildman–Crippen LogP) is 1.50. The molecule has 1 atom stereocenters. The van der Waals surface area contributed by atoms with E-state index in [0.29, 0.717) is 18.5 Å². The van der Waals surface area contributed by atoms with Crippen LogP contribution >= 0.6 is 15.9 Å². The molecule has 0 radical (unpaired) electrons. The molecule has 6 nitrogen and oxygen atoms in total. The van der Waals surface area contributed by atoms with Crippen LogP contribution in [0.1, 0.15) is 23.2 Å². The number of carboxylic acid groups (broad SMARTS) is 1. The van der Waals surface area contributed by atoms with Gasteiger partial charge in [-0.1, -0.05) is 15.9 Å². The van der Waals surface area contributed by atoms with Gasteiger partial charge in [0.05, 0.1) is 5.92 Å². The number of benzene rings is 1. The van der Waals surface area contributed by atoms with Gasteiger partial charge in [0.25, 0.3) is 5.91 Å². The van der Waals surface area contributed by atoms with Gasteiger partial charge in [-0.25, -0.2) is 0 Å². The van der Waals surface area contributed by atoms with Crippen molar-refractivity contribution in [1.82, 2.24) is 10.2 Å². The molecule has 0 spiro atoms. The number of carbonyl (C=O) groups is 3. The summed E-state index contributed by atoms with van der Waals surface area (Å²) >= 11 is 3.30. The molecule has 0 bridgehead atoms. The highest BCUT2D eigenvalue weighted by Gasteiger charge is 2.30. The molecular weight excluding hydrogens is 352 g/mol. The van der Waals surface area contributed by atoms with Gasteiger partial charge in [0, 0.05) is 36.1 Å². The van der Waals surface area contributed by atoms with E-state index in [1.807, 2.05) is 0 Å². The average molecular weight is 369 g/mol. The van der Waals surface area contributed by atoms with E-state index in [1.54, 1.807) is 29.2 Å². The summed E-state index contributed by atoms with van der Waals surface area (Å²) in [6, 6.07) is 6.94. The Morgan fingerprint density at radius 3 is 2.55 bits per heavy atom. The minimum Gasteiger partial charge on any atom is -0.481 e. The van der Waals surface area contributed by atoms with E-state index in [0.717, 1.165) is 4.47 Å². The fourth-order valence-corrected chi connectivity index (χ4v) is 2.60. The first-order chi connectivity index (χ1) is 10.5. The van der Waals surface area contributed by atoms with Gasteiger partial charge in [-0.15, -0.1) is 0 Å². The topological polar surface area (TPSA) is 86.7 Å². The number of nitrogens with one attached hydrogen (secondary N) is 1. The molecule has 0 aliphatic carbocycles. The summed E-state index contributed by atoms with van der Waals surface area (Å²) in [5, 5.41) is 11.6. The summed E-state index contributed by atoms with van der Waals surface area (Å²) in [5.74, 6) is -1.69. The number of amides is 2. The first kappa shape index (κ1) is 16.5. The van der Waals surface area contributed by atoms with E-state index in [4.69, 9.17) is 5.11 Å². The Bertz CT molecular complexity index is 573. The first-order valence-corrected chi connectivity index (χ1v) is 7.81. The van der Waals surface area contributed by atoms with E-state index >= 15 is 0 Å². The van der Waals surface area contributed by atoms with Crippen LogP contribution in [0, 0.1) is 5.92 Å². The highest BCUT2D eigenvalue weighted by Crippen LogP contribution is 2.17. The van der Waals surface area contributed by atoms with Crippen LogP contribution < -0.4 is 5.32 Å². The lowest BCUT2D eigenvalue weighted by Crippen LogP contribution is -2.33.